The van der Waals surface area contributed by atoms with Crippen LogP contribution < -0.4 is 0 Å². The van der Waals surface area contributed by atoms with Crippen LogP contribution in [0, 0.1) is 23.7 Å². The maximum atomic E-state index is 2.47. The topological polar surface area (TPSA) is 0 Å². The van der Waals surface area contributed by atoms with Crippen molar-refractivity contribution in [3.05, 3.63) is 0 Å². The van der Waals surface area contributed by atoms with Gasteiger partial charge in [-0.05, 0) is 0 Å². The first-order chi connectivity index (χ1) is 11.8. The van der Waals surface area contributed by atoms with Crippen LogP contribution in [0.3, 0.4) is 0 Å². The normalized spacial score (nSPS) is 27.2. The van der Waals surface area contributed by atoms with Gasteiger partial charge in [0.2, 0.25) is 0 Å². The summed E-state index contributed by atoms with van der Waals surface area (Å²) in [7, 11) is 0. The van der Waals surface area contributed by atoms with Crippen LogP contribution in [0.1, 0.15) is 116 Å². The molecule has 137 valence electrons. The van der Waals surface area contributed by atoms with E-state index in [4.69, 9.17) is 0 Å². The van der Waals surface area contributed by atoms with Crippen molar-refractivity contribution >= 4 is 22.5 Å². The predicted octanol–water partition coefficient (Wildman–Crippen LogP) is 7.47. The number of hydrogen-bond donors (Lipinski definition) is 0. The van der Waals surface area contributed by atoms with Crippen LogP contribution >= 0.6 is 0 Å². The van der Waals surface area contributed by atoms with Crippen molar-refractivity contribution in [1.29, 1.82) is 0 Å². The van der Waals surface area contributed by atoms with E-state index >= 15 is 0 Å². The van der Waals surface area contributed by atoms with E-state index in [0.717, 1.165) is 27.1 Å². The van der Waals surface area contributed by atoms with Crippen LogP contribution in [0.2, 0.25) is 3.43 Å². The predicted molar refractivity (Wildman–Crippen MR) is 107 cm³/mol. The van der Waals surface area contributed by atoms with Crippen molar-refractivity contribution in [3.63, 3.8) is 0 Å². The van der Waals surface area contributed by atoms with Crippen LogP contribution in [-0.2, 0) is 0 Å². The van der Waals surface area contributed by atoms with Gasteiger partial charge in [0.25, 0.3) is 0 Å². The molecular formula is C23H41Sn. The Morgan fingerprint density at radius 1 is 0.708 bits per heavy atom. The second kappa shape index (κ2) is 9.65. The number of rotatable bonds is 6. The van der Waals surface area contributed by atoms with E-state index in [1.165, 1.54) is 64.2 Å². The second-order valence-electron chi connectivity index (χ2n) is 9.40. The third kappa shape index (κ3) is 4.37. The Morgan fingerprint density at radius 3 is 1.54 bits per heavy atom. The maximum absolute atomic E-state index is 2.47. The Labute approximate surface area is 165 Å². The molecule has 3 rings (SSSR count). The van der Waals surface area contributed by atoms with Gasteiger partial charge in [-0.15, -0.1) is 0 Å². The third-order valence-corrected chi connectivity index (χ3v) is 11.4. The fourth-order valence-electron chi connectivity index (χ4n) is 6.81. The fraction of sp³-hybridized carbons (Fsp3) is 1.00. The molecule has 3 aliphatic rings. The molecule has 0 nitrogen and oxygen atoms in total. The summed E-state index contributed by atoms with van der Waals surface area (Å²) < 4.78 is 0.756. The Hall–Kier alpha value is 0.799. The van der Waals surface area contributed by atoms with Gasteiger partial charge in [0.05, 0.1) is 0 Å². The van der Waals surface area contributed by atoms with Gasteiger partial charge >= 0.3 is 166 Å². The van der Waals surface area contributed by atoms with Gasteiger partial charge in [-0.25, -0.2) is 0 Å². The van der Waals surface area contributed by atoms with Crippen molar-refractivity contribution in [2.45, 2.75) is 120 Å². The van der Waals surface area contributed by atoms with Gasteiger partial charge in [0, 0.05) is 0 Å². The molecule has 3 saturated carbocycles. The standard InChI is InChI=1S/C23H41.Sn/c1-2-12-22(19-13-6-3-7-14-19)23(20-15-8-4-9-16-20)21-17-10-5-11-18-21;/h19-22H,2-18H2,1H3;. The molecule has 3 fully saturated rings. The molecule has 0 aromatic rings. The van der Waals surface area contributed by atoms with Gasteiger partial charge in [0.1, 0.15) is 0 Å². The van der Waals surface area contributed by atoms with Gasteiger partial charge in [-0.2, -0.15) is 0 Å². The second-order valence-corrected chi connectivity index (χ2v) is 11.9. The molecule has 0 N–H and O–H groups in total. The SMILES string of the molecule is CCCC(C1CCCCC1)[C]([Sn])(C1CCCCC1)C1CCCCC1. The molecule has 3 aliphatic carbocycles. The van der Waals surface area contributed by atoms with Crippen molar-refractivity contribution in [2.75, 3.05) is 0 Å². The minimum absolute atomic E-state index is 0.756. The molecule has 0 bridgehead atoms. The Kier molecular flexibility index (Phi) is 7.87. The molecule has 0 amide bonds. The van der Waals surface area contributed by atoms with E-state index in [-0.39, 0.29) is 0 Å². The first-order valence-corrected chi connectivity index (χ1v) is 12.9. The first kappa shape index (κ1) is 19.6. The van der Waals surface area contributed by atoms with E-state index in [9.17, 15) is 0 Å². The van der Waals surface area contributed by atoms with E-state index in [2.05, 4.69) is 6.92 Å². The van der Waals surface area contributed by atoms with E-state index in [1.54, 1.807) is 44.9 Å². The summed E-state index contributed by atoms with van der Waals surface area (Å²) in [4.78, 5) is 0. The summed E-state index contributed by atoms with van der Waals surface area (Å²) in [5.74, 6) is 4.34. The Morgan fingerprint density at radius 2 is 1.12 bits per heavy atom. The zero-order valence-electron chi connectivity index (χ0n) is 16.3. The van der Waals surface area contributed by atoms with Gasteiger partial charge in [0.15, 0.2) is 0 Å². The molecule has 1 unspecified atom stereocenters. The molecule has 3 radical (unpaired) electrons. The summed E-state index contributed by atoms with van der Waals surface area (Å²) in [6, 6.07) is 0. The number of hydrogen-bond acceptors (Lipinski definition) is 0. The Bertz CT molecular complexity index is 327. The molecule has 0 aromatic heterocycles. The quantitative estimate of drug-likeness (QED) is 0.379. The van der Waals surface area contributed by atoms with Crippen molar-refractivity contribution in [2.24, 2.45) is 23.7 Å². The molecule has 0 saturated heterocycles. The summed E-state index contributed by atoms with van der Waals surface area (Å²) >= 11 is 1.95. The van der Waals surface area contributed by atoms with Crippen molar-refractivity contribution in [3.8, 4) is 0 Å². The molecule has 1 heteroatoms. The van der Waals surface area contributed by atoms with Crippen LogP contribution in [0.5, 0.6) is 0 Å². The molecule has 0 heterocycles. The monoisotopic (exact) mass is 437 g/mol. The molecule has 0 spiro atoms. The molecule has 1 atom stereocenters. The van der Waals surface area contributed by atoms with Gasteiger partial charge in [-0.1, -0.05) is 0 Å². The molecule has 24 heavy (non-hydrogen) atoms. The molecular weight excluding hydrogens is 395 g/mol. The molecule has 0 aliphatic heterocycles. The summed E-state index contributed by atoms with van der Waals surface area (Å²) in [5.41, 5.74) is 0. The van der Waals surface area contributed by atoms with Gasteiger partial charge < -0.3 is 0 Å². The van der Waals surface area contributed by atoms with E-state index < -0.39 is 0 Å². The summed E-state index contributed by atoms with van der Waals surface area (Å²) in [6.07, 6.45) is 26.2. The summed E-state index contributed by atoms with van der Waals surface area (Å²) in [5, 5.41) is 0. The molecule has 0 aromatic carbocycles. The van der Waals surface area contributed by atoms with E-state index in [0.29, 0.717) is 0 Å². The first-order valence-electron chi connectivity index (χ1n) is 11.5. The van der Waals surface area contributed by atoms with Crippen LogP contribution in [-0.4, -0.2) is 22.5 Å². The van der Waals surface area contributed by atoms with Crippen LogP contribution in [0.4, 0.5) is 0 Å². The summed E-state index contributed by atoms with van der Waals surface area (Å²) in [6.45, 7) is 2.47. The van der Waals surface area contributed by atoms with Gasteiger partial charge in [-0.3, -0.25) is 0 Å². The van der Waals surface area contributed by atoms with Crippen LogP contribution in [0.25, 0.3) is 0 Å². The van der Waals surface area contributed by atoms with Crippen molar-refractivity contribution in [1.82, 2.24) is 0 Å². The third-order valence-electron chi connectivity index (χ3n) is 7.99. The average Bonchev–Trinajstić information content (AvgIpc) is 2.67. The van der Waals surface area contributed by atoms with Crippen molar-refractivity contribution < 1.29 is 0 Å². The fourth-order valence-corrected chi connectivity index (χ4v) is 9.54. The zero-order chi connectivity index (χ0) is 16.8. The Balaban J connectivity index is 1.86. The minimum atomic E-state index is 0.756. The van der Waals surface area contributed by atoms with Crippen LogP contribution in [0.15, 0.2) is 0 Å². The zero-order valence-corrected chi connectivity index (χ0v) is 19.2. The average molecular weight is 436 g/mol. The van der Waals surface area contributed by atoms with E-state index in [1.807, 2.05) is 22.5 Å².